The third kappa shape index (κ3) is 4.56. The fraction of sp³-hybridized carbons (Fsp3) is 0.273. The number of halogens is 6. The molecule has 0 radical (unpaired) electrons. The molecule has 1 unspecified atom stereocenters. The second kappa shape index (κ2) is 8.22. The van der Waals surface area contributed by atoms with E-state index < -0.39 is 48.0 Å². The van der Waals surface area contributed by atoms with Gasteiger partial charge in [0.25, 0.3) is 5.91 Å². The van der Waals surface area contributed by atoms with Gasteiger partial charge in [0.2, 0.25) is 0 Å². The summed E-state index contributed by atoms with van der Waals surface area (Å²) in [7, 11) is 0. The fourth-order valence-corrected chi connectivity index (χ4v) is 3.42. The second-order valence-electron chi connectivity index (χ2n) is 7.29. The SMILES string of the molecule is Cc1ccc(C2=C(C#N)C(=O)NC(c3ccc(OCC(F)(F)F)cc3)(C(F)(F)F)C2)cc1. The van der Waals surface area contributed by atoms with Crippen LogP contribution in [0.1, 0.15) is 23.1 Å². The largest absolute Gasteiger partial charge is 0.484 e. The van der Waals surface area contributed by atoms with Crippen LogP contribution in [0, 0.1) is 18.3 Å². The third-order valence-electron chi connectivity index (χ3n) is 5.04. The highest BCUT2D eigenvalue weighted by Gasteiger charge is 2.59. The third-order valence-corrected chi connectivity index (χ3v) is 5.04. The summed E-state index contributed by atoms with van der Waals surface area (Å²) in [5.41, 5.74) is -2.66. The van der Waals surface area contributed by atoms with E-state index in [1.54, 1.807) is 25.1 Å². The van der Waals surface area contributed by atoms with Crippen molar-refractivity contribution in [2.75, 3.05) is 6.61 Å². The molecule has 0 spiro atoms. The van der Waals surface area contributed by atoms with Gasteiger partial charge in [-0.3, -0.25) is 4.79 Å². The molecule has 1 atom stereocenters. The molecule has 2 aromatic carbocycles. The van der Waals surface area contributed by atoms with Gasteiger partial charge in [-0.25, -0.2) is 0 Å². The number of amides is 1. The minimum absolute atomic E-state index is 0.0778. The molecule has 1 amide bonds. The molecule has 2 aromatic rings. The number of alkyl halides is 6. The van der Waals surface area contributed by atoms with E-state index in [1.165, 1.54) is 12.1 Å². The molecule has 0 aliphatic carbocycles. The van der Waals surface area contributed by atoms with Gasteiger partial charge in [-0.2, -0.15) is 31.6 Å². The molecule has 0 fully saturated rings. The summed E-state index contributed by atoms with van der Waals surface area (Å²) >= 11 is 0. The summed E-state index contributed by atoms with van der Waals surface area (Å²) in [6.07, 6.45) is -10.4. The van der Waals surface area contributed by atoms with E-state index in [1.807, 2.05) is 5.32 Å². The molecular weight excluding hydrogens is 438 g/mol. The van der Waals surface area contributed by atoms with Crippen LogP contribution in [0.15, 0.2) is 54.1 Å². The van der Waals surface area contributed by atoms with Crippen LogP contribution in [0.4, 0.5) is 26.3 Å². The van der Waals surface area contributed by atoms with Crippen molar-refractivity contribution in [3.8, 4) is 11.8 Å². The Morgan fingerprint density at radius 1 is 1.03 bits per heavy atom. The number of ether oxygens (including phenoxy) is 1. The molecule has 0 aromatic heterocycles. The Labute approximate surface area is 179 Å². The predicted octanol–water partition coefficient (Wildman–Crippen LogP) is 5.19. The number of nitrogens with one attached hydrogen (secondary N) is 1. The Bertz CT molecular complexity index is 1080. The number of aryl methyl sites for hydroxylation is 1. The summed E-state index contributed by atoms with van der Waals surface area (Å²) in [4.78, 5) is 12.6. The maximum absolute atomic E-state index is 14.3. The second-order valence-corrected chi connectivity index (χ2v) is 7.29. The number of carbonyl (C=O) groups excluding carboxylic acids is 1. The minimum Gasteiger partial charge on any atom is -0.484 e. The van der Waals surface area contributed by atoms with Gasteiger partial charge in [-0.05, 0) is 35.8 Å². The molecule has 1 N–H and O–H groups in total. The maximum atomic E-state index is 14.3. The number of nitriles is 1. The highest BCUT2D eigenvalue weighted by Crippen LogP contribution is 2.48. The monoisotopic (exact) mass is 454 g/mol. The highest BCUT2D eigenvalue weighted by atomic mass is 19.4. The molecule has 4 nitrogen and oxygen atoms in total. The van der Waals surface area contributed by atoms with E-state index in [0.29, 0.717) is 5.56 Å². The quantitative estimate of drug-likeness (QED) is 0.647. The van der Waals surface area contributed by atoms with Gasteiger partial charge in [0.15, 0.2) is 12.1 Å². The average molecular weight is 454 g/mol. The van der Waals surface area contributed by atoms with Gasteiger partial charge in [-0.15, -0.1) is 0 Å². The first-order chi connectivity index (χ1) is 14.9. The molecule has 0 saturated carbocycles. The topological polar surface area (TPSA) is 62.1 Å². The zero-order valence-corrected chi connectivity index (χ0v) is 16.6. The van der Waals surface area contributed by atoms with Crippen LogP contribution in [-0.4, -0.2) is 24.9 Å². The Hall–Kier alpha value is -3.48. The summed E-state index contributed by atoms with van der Waals surface area (Å²) in [5.74, 6) is -1.47. The molecule has 1 aliphatic heterocycles. The van der Waals surface area contributed by atoms with E-state index in [-0.39, 0.29) is 11.3 Å². The smallest absolute Gasteiger partial charge is 0.422 e. The Morgan fingerprint density at radius 2 is 1.62 bits per heavy atom. The molecule has 3 rings (SSSR count). The van der Waals surface area contributed by atoms with E-state index in [4.69, 9.17) is 0 Å². The molecule has 32 heavy (non-hydrogen) atoms. The van der Waals surface area contributed by atoms with Crippen LogP contribution < -0.4 is 10.1 Å². The molecular formula is C22H16F6N2O2. The predicted molar refractivity (Wildman–Crippen MR) is 102 cm³/mol. The first-order valence-electron chi connectivity index (χ1n) is 9.26. The lowest BCUT2D eigenvalue weighted by molar-refractivity contribution is -0.201. The highest BCUT2D eigenvalue weighted by molar-refractivity contribution is 6.07. The Balaban J connectivity index is 2.06. The van der Waals surface area contributed by atoms with Crippen molar-refractivity contribution in [1.82, 2.24) is 5.32 Å². The van der Waals surface area contributed by atoms with Crippen molar-refractivity contribution in [3.05, 3.63) is 70.8 Å². The number of rotatable bonds is 4. The number of nitrogens with zero attached hydrogens (tertiary/aromatic N) is 1. The first kappa shape index (κ1) is 23.2. The van der Waals surface area contributed by atoms with Crippen molar-refractivity contribution in [2.24, 2.45) is 0 Å². The zero-order valence-electron chi connectivity index (χ0n) is 16.6. The number of benzene rings is 2. The van der Waals surface area contributed by atoms with Gasteiger partial charge in [0, 0.05) is 6.42 Å². The summed E-state index contributed by atoms with van der Waals surface area (Å²) in [5, 5.41) is 11.3. The van der Waals surface area contributed by atoms with Crippen LogP contribution in [0.25, 0.3) is 5.57 Å². The van der Waals surface area contributed by atoms with Gasteiger partial charge in [0.05, 0.1) is 0 Å². The molecule has 10 heteroatoms. The molecule has 1 heterocycles. The summed E-state index contributed by atoms with van der Waals surface area (Å²) in [6, 6.07) is 11.8. The van der Waals surface area contributed by atoms with Gasteiger partial charge < -0.3 is 10.1 Å². The zero-order chi connectivity index (χ0) is 23.7. The van der Waals surface area contributed by atoms with E-state index in [9.17, 15) is 36.4 Å². The average Bonchev–Trinajstić information content (AvgIpc) is 2.71. The molecule has 1 aliphatic rings. The standard InChI is InChI=1S/C22H16F6N2O2/c1-13-2-4-14(5-3-13)17-10-20(22(26,27)28,30-19(31)18(17)11-29)15-6-8-16(9-7-15)32-12-21(23,24)25/h2-9H,10,12H2,1H3,(H,30,31). The Kier molecular flexibility index (Phi) is 5.96. The van der Waals surface area contributed by atoms with Crippen molar-refractivity contribution < 1.29 is 35.9 Å². The first-order valence-corrected chi connectivity index (χ1v) is 9.26. The number of hydrogen-bond donors (Lipinski definition) is 1. The van der Waals surface area contributed by atoms with Gasteiger partial charge >= 0.3 is 12.4 Å². The van der Waals surface area contributed by atoms with E-state index in [2.05, 4.69) is 4.74 Å². The maximum Gasteiger partial charge on any atom is 0.422 e. The van der Waals surface area contributed by atoms with Crippen LogP contribution in [0.5, 0.6) is 5.75 Å². The lowest BCUT2D eigenvalue weighted by Crippen LogP contribution is -2.58. The molecule has 168 valence electrons. The van der Waals surface area contributed by atoms with Gasteiger partial charge in [0.1, 0.15) is 17.4 Å². The molecule has 0 saturated heterocycles. The van der Waals surface area contributed by atoms with Crippen molar-refractivity contribution in [2.45, 2.75) is 31.2 Å². The van der Waals surface area contributed by atoms with Crippen molar-refractivity contribution >= 4 is 11.5 Å². The van der Waals surface area contributed by atoms with Crippen molar-refractivity contribution in [1.29, 1.82) is 5.26 Å². The number of carbonyl (C=O) groups is 1. The van der Waals surface area contributed by atoms with Crippen LogP contribution in [0.3, 0.4) is 0 Å². The minimum atomic E-state index is -4.98. The van der Waals surface area contributed by atoms with Gasteiger partial charge in [-0.1, -0.05) is 42.0 Å². The van der Waals surface area contributed by atoms with Crippen LogP contribution in [-0.2, 0) is 10.3 Å². The fourth-order valence-electron chi connectivity index (χ4n) is 3.42. The lowest BCUT2D eigenvalue weighted by Gasteiger charge is -2.40. The summed E-state index contributed by atoms with van der Waals surface area (Å²) < 4.78 is 84.5. The van der Waals surface area contributed by atoms with Crippen molar-refractivity contribution in [3.63, 3.8) is 0 Å². The lowest BCUT2D eigenvalue weighted by atomic mass is 9.76. The van der Waals surface area contributed by atoms with E-state index in [0.717, 1.165) is 29.8 Å². The van der Waals surface area contributed by atoms with Crippen LogP contribution >= 0.6 is 0 Å². The van der Waals surface area contributed by atoms with Crippen LogP contribution in [0.2, 0.25) is 0 Å². The Morgan fingerprint density at radius 3 is 2.12 bits per heavy atom. The normalized spacial score (nSPS) is 19.4. The number of hydrogen-bond acceptors (Lipinski definition) is 3. The molecule has 0 bridgehead atoms. The van der Waals surface area contributed by atoms with E-state index >= 15 is 0 Å². The summed E-state index contributed by atoms with van der Waals surface area (Å²) in [6.45, 7) is 0.179.